The lowest BCUT2D eigenvalue weighted by molar-refractivity contribution is -0.119. The van der Waals surface area contributed by atoms with Crippen molar-refractivity contribution >= 4 is 28.2 Å². The van der Waals surface area contributed by atoms with E-state index in [0.29, 0.717) is 6.04 Å². The predicted octanol–water partition coefficient (Wildman–Crippen LogP) is 5.12. The van der Waals surface area contributed by atoms with Gasteiger partial charge in [0.05, 0.1) is 5.52 Å². The van der Waals surface area contributed by atoms with E-state index in [9.17, 15) is 4.79 Å². The molecule has 1 aliphatic heterocycles. The van der Waals surface area contributed by atoms with Crippen molar-refractivity contribution in [3.63, 3.8) is 0 Å². The van der Waals surface area contributed by atoms with E-state index in [1.807, 2.05) is 24.4 Å². The molecule has 2 heterocycles. The minimum Gasteiger partial charge on any atom is -0.371 e. The molecule has 166 valence electrons. The quantitative estimate of drug-likeness (QED) is 0.572. The van der Waals surface area contributed by atoms with Crippen molar-refractivity contribution in [3.05, 3.63) is 66.4 Å². The molecule has 0 unspecified atom stereocenters. The van der Waals surface area contributed by atoms with Crippen LogP contribution in [0.25, 0.3) is 10.9 Å². The Kier molecular flexibility index (Phi) is 6.35. The van der Waals surface area contributed by atoms with Crippen LogP contribution < -0.4 is 15.5 Å². The van der Waals surface area contributed by atoms with Gasteiger partial charge in [-0.15, -0.1) is 0 Å². The molecule has 2 N–H and O–H groups in total. The molecule has 0 atom stereocenters. The lowest BCUT2D eigenvalue weighted by atomic mass is 10.0. The molecule has 1 amide bonds. The number of hydrogen-bond acceptors (Lipinski definition) is 4. The van der Waals surface area contributed by atoms with Crippen molar-refractivity contribution in [2.45, 2.75) is 51.1 Å². The number of aromatic nitrogens is 1. The number of carbonyl (C=O) groups is 1. The Morgan fingerprint density at radius 1 is 0.969 bits per heavy atom. The van der Waals surface area contributed by atoms with Gasteiger partial charge in [-0.25, -0.2) is 0 Å². The van der Waals surface area contributed by atoms with Crippen LogP contribution in [0.4, 0.5) is 11.4 Å². The topological polar surface area (TPSA) is 57.3 Å². The van der Waals surface area contributed by atoms with Crippen molar-refractivity contribution < 1.29 is 4.79 Å². The lowest BCUT2D eigenvalue weighted by Gasteiger charge is -2.34. The molecule has 5 nitrogen and oxygen atoms in total. The second-order valence-electron chi connectivity index (χ2n) is 9.19. The fourth-order valence-corrected chi connectivity index (χ4v) is 5.03. The zero-order valence-corrected chi connectivity index (χ0v) is 18.6. The van der Waals surface area contributed by atoms with E-state index in [0.717, 1.165) is 56.5 Å². The van der Waals surface area contributed by atoms with E-state index in [2.05, 4.69) is 56.9 Å². The maximum atomic E-state index is 12.3. The molecule has 1 aromatic heterocycles. The summed E-state index contributed by atoms with van der Waals surface area (Å²) in [5.74, 6) is 0.386. The molecule has 1 saturated carbocycles. The average Bonchev–Trinajstić information content (AvgIpc) is 3.39. The maximum Gasteiger partial charge on any atom is 0.227 e. The van der Waals surface area contributed by atoms with Gasteiger partial charge < -0.3 is 15.5 Å². The van der Waals surface area contributed by atoms with Crippen LogP contribution in [-0.4, -0.2) is 30.0 Å². The summed E-state index contributed by atoms with van der Waals surface area (Å²) in [6.07, 6.45) is 8.54. The summed E-state index contributed by atoms with van der Waals surface area (Å²) in [6, 6.07) is 19.5. The number of pyridine rings is 1. The van der Waals surface area contributed by atoms with Crippen molar-refractivity contribution in [2.75, 3.05) is 23.3 Å². The van der Waals surface area contributed by atoms with Crippen LogP contribution in [0.2, 0.25) is 0 Å². The largest absolute Gasteiger partial charge is 0.371 e. The van der Waals surface area contributed by atoms with Crippen molar-refractivity contribution in [3.8, 4) is 0 Å². The summed E-state index contributed by atoms with van der Waals surface area (Å²) in [4.78, 5) is 19.2. The van der Waals surface area contributed by atoms with Crippen LogP contribution in [0, 0.1) is 5.92 Å². The van der Waals surface area contributed by atoms with Gasteiger partial charge in [0.1, 0.15) is 0 Å². The molecule has 5 heteroatoms. The molecule has 0 spiro atoms. The molecule has 5 rings (SSSR count). The lowest BCUT2D eigenvalue weighted by Crippen LogP contribution is -2.42. The number of carbonyl (C=O) groups excluding carboxylic acids is 1. The van der Waals surface area contributed by atoms with E-state index in [-0.39, 0.29) is 11.8 Å². The minimum atomic E-state index is 0.185. The number of nitrogens with zero attached hydrogens (tertiary/aromatic N) is 2. The second-order valence-corrected chi connectivity index (χ2v) is 9.19. The third-order valence-electron chi connectivity index (χ3n) is 6.98. The first-order valence-electron chi connectivity index (χ1n) is 12.0. The van der Waals surface area contributed by atoms with Gasteiger partial charge in [0.25, 0.3) is 0 Å². The van der Waals surface area contributed by atoms with Crippen LogP contribution in [-0.2, 0) is 11.3 Å². The van der Waals surface area contributed by atoms with E-state index < -0.39 is 0 Å². The predicted molar refractivity (Wildman–Crippen MR) is 131 cm³/mol. The van der Waals surface area contributed by atoms with E-state index in [1.165, 1.54) is 29.5 Å². The average molecular weight is 429 g/mol. The molecule has 2 aliphatic rings. The van der Waals surface area contributed by atoms with Gasteiger partial charge in [-0.3, -0.25) is 9.78 Å². The molecular weight excluding hydrogens is 396 g/mol. The zero-order valence-electron chi connectivity index (χ0n) is 18.6. The molecule has 0 radical (unpaired) electrons. The smallest absolute Gasteiger partial charge is 0.227 e. The normalized spacial score (nSPS) is 17.7. The summed E-state index contributed by atoms with van der Waals surface area (Å²) < 4.78 is 0. The Morgan fingerprint density at radius 2 is 1.75 bits per heavy atom. The third kappa shape index (κ3) is 4.94. The summed E-state index contributed by atoms with van der Waals surface area (Å²) in [7, 11) is 0. The van der Waals surface area contributed by atoms with Gasteiger partial charge in [0.2, 0.25) is 5.91 Å². The number of benzene rings is 2. The van der Waals surface area contributed by atoms with E-state index >= 15 is 0 Å². The second kappa shape index (κ2) is 9.70. The fourth-order valence-electron chi connectivity index (χ4n) is 5.03. The molecular formula is C27H32N4O. The highest BCUT2D eigenvalue weighted by Crippen LogP contribution is 2.27. The summed E-state index contributed by atoms with van der Waals surface area (Å²) >= 11 is 0. The van der Waals surface area contributed by atoms with Gasteiger partial charge in [-0.05, 0) is 73.7 Å². The molecule has 2 fully saturated rings. The summed E-state index contributed by atoms with van der Waals surface area (Å²) in [5.41, 5.74) is 4.51. The number of rotatable bonds is 6. The molecule has 1 aliphatic carbocycles. The first-order chi connectivity index (χ1) is 15.7. The molecule has 1 saturated heterocycles. The zero-order chi connectivity index (χ0) is 21.8. The first-order valence-corrected chi connectivity index (χ1v) is 12.0. The SMILES string of the molecule is O=C(Nc1ccc(N2CCC(NCc3ccc4ncccc4c3)CC2)cc1)C1CCCC1. The number of hydrogen-bond donors (Lipinski definition) is 2. The Labute approximate surface area is 190 Å². The summed E-state index contributed by atoms with van der Waals surface area (Å²) in [5, 5.41) is 8.03. The number of amides is 1. The first kappa shape index (κ1) is 21.0. The van der Waals surface area contributed by atoms with E-state index in [4.69, 9.17) is 0 Å². The Morgan fingerprint density at radius 3 is 2.53 bits per heavy atom. The third-order valence-corrected chi connectivity index (χ3v) is 6.98. The van der Waals surface area contributed by atoms with Crippen molar-refractivity contribution in [2.24, 2.45) is 5.92 Å². The minimum absolute atomic E-state index is 0.185. The van der Waals surface area contributed by atoms with Gasteiger partial charge >= 0.3 is 0 Å². The monoisotopic (exact) mass is 428 g/mol. The van der Waals surface area contributed by atoms with Gasteiger partial charge in [-0.2, -0.15) is 0 Å². The molecule has 2 aromatic carbocycles. The van der Waals surface area contributed by atoms with Crippen LogP contribution in [0.15, 0.2) is 60.8 Å². The number of anilines is 2. The highest BCUT2D eigenvalue weighted by atomic mass is 16.1. The molecule has 32 heavy (non-hydrogen) atoms. The van der Waals surface area contributed by atoms with Crippen LogP contribution >= 0.6 is 0 Å². The Bertz CT molecular complexity index is 1050. The Balaban J connectivity index is 1.09. The van der Waals surface area contributed by atoms with Gasteiger partial charge in [-0.1, -0.05) is 25.0 Å². The highest BCUT2D eigenvalue weighted by molar-refractivity contribution is 5.92. The summed E-state index contributed by atoms with van der Waals surface area (Å²) in [6.45, 7) is 2.99. The van der Waals surface area contributed by atoms with Gasteiger partial charge in [0, 0.05) is 54.6 Å². The molecule has 0 bridgehead atoms. The van der Waals surface area contributed by atoms with E-state index in [1.54, 1.807) is 0 Å². The number of piperidine rings is 1. The standard InChI is InChI=1S/C27H32N4O/c32-27(21-4-1-2-5-21)30-24-8-10-25(11-9-24)31-16-13-23(14-17-31)29-19-20-7-12-26-22(18-20)6-3-15-28-26/h3,6-12,15,18,21,23,29H,1-2,4-5,13-14,16-17,19H2,(H,30,32). The van der Waals surface area contributed by atoms with Gasteiger partial charge in [0.15, 0.2) is 0 Å². The van der Waals surface area contributed by atoms with Crippen LogP contribution in [0.1, 0.15) is 44.1 Å². The molecule has 3 aromatic rings. The fraction of sp³-hybridized carbons (Fsp3) is 0.407. The Hall–Kier alpha value is -2.92. The van der Waals surface area contributed by atoms with Crippen LogP contribution in [0.3, 0.4) is 0 Å². The van der Waals surface area contributed by atoms with Crippen LogP contribution in [0.5, 0.6) is 0 Å². The van der Waals surface area contributed by atoms with Crippen molar-refractivity contribution in [1.29, 1.82) is 0 Å². The maximum absolute atomic E-state index is 12.3. The number of fused-ring (bicyclic) bond motifs is 1. The highest BCUT2D eigenvalue weighted by Gasteiger charge is 2.23. The number of nitrogens with one attached hydrogen (secondary N) is 2. The van der Waals surface area contributed by atoms with Crippen molar-refractivity contribution in [1.82, 2.24) is 10.3 Å².